The van der Waals surface area contributed by atoms with Crippen molar-refractivity contribution in [3.8, 4) is 0 Å². The predicted octanol–water partition coefficient (Wildman–Crippen LogP) is 4.47. The van der Waals surface area contributed by atoms with Crippen LogP contribution < -0.4 is 0 Å². The van der Waals surface area contributed by atoms with Crippen molar-refractivity contribution in [2.24, 2.45) is 0 Å². The highest BCUT2D eigenvalue weighted by molar-refractivity contribution is 9.11. The Balaban J connectivity index is 1.63. The van der Waals surface area contributed by atoms with Crippen LogP contribution in [0.2, 0.25) is 5.02 Å². The van der Waals surface area contributed by atoms with E-state index < -0.39 is 0 Å². The van der Waals surface area contributed by atoms with Crippen molar-refractivity contribution < 1.29 is 9.59 Å². The van der Waals surface area contributed by atoms with Gasteiger partial charge in [0, 0.05) is 24.7 Å². The van der Waals surface area contributed by atoms with Crippen LogP contribution in [0.5, 0.6) is 0 Å². The number of hydrogen-bond donors (Lipinski definition) is 0. The zero-order valence-electron chi connectivity index (χ0n) is 14.5. The molecule has 1 fully saturated rings. The fourth-order valence-electron chi connectivity index (χ4n) is 3.28. The first-order chi connectivity index (χ1) is 12.5. The van der Waals surface area contributed by atoms with Crippen LogP contribution in [0, 0.1) is 0 Å². The lowest BCUT2D eigenvalue weighted by Crippen LogP contribution is -2.43. The third kappa shape index (κ3) is 4.48. The minimum absolute atomic E-state index is 0.00831. The maximum atomic E-state index is 12.8. The first-order valence-corrected chi connectivity index (χ1v) is 10.5. The molecule has 1 aromatic heterocycles. The highest BCUT2D eigenvalue weighted by Crippen LogP contribution is 2.26. The molecule has 0 bridgehead atoms. The van der Waals surface area contributed by atoms with E-state index in [-0.39, 0.29) is 24.4 Å². The third-order valence-corrected chi connectivity index (χ3v) is 6.59. The molecule has 0 N–H and O–H groups in total. The molecule has 1 atom stereocenters. The summed E-state index contributed by atoms with van der Waals surface area (Å²) in [7, 11) is 1.67. The van der Waals surface area contributed by atoms with Crippen LogP contribution in [-0.4, -0.2) is 47.8 Å². The van der Waals surface area contributed by atoms with Gasteiger partial charge in [0.05, 0.1) is 15.2 Å². The topological polar surface area (TPSA) is 40.6 Å². The number of hydrogen-bond acceptors (Lipinski definition) is 3. The molecule has 2 amide bonds. The molecule has 1 unspecified atom stereocenters. The second-order valence-electron chi connectivity index (χ2n) is 6.44. The minimum atomic E-state index is -0.129. The summed E-state index contributed by atoms with van der Waals surface area (Å²) in [6.07, 6.45) is 2.70. The monoisotopic (exact) mass is 454 g/mol. The van der Waals surface area contributed by atoms with Gasteiger partial charge in [0.1, 0.15) is 0 Å². The maximum Gasteiger partial charge on any atom is 0.264 e. The number of likely N-dealkylation sites (N-methyl/N-ethyl adjacent to an activating group) is 1. The van der Waals surface area contributed by atoms with Crippen molar-refractivity contribution in [3.05, 3.63) is 55.6 Å². The number of nitrogens with zero attached hydrogens (tertiary/aromatic N) is 2. The van der Waals surface area contributed by atoms with Crippen LogP contribution in [0.1, 0.15) is 28.1 Å². The molecule has 1 aliphatic rings. The minimum Gasteiger partial charge on any atom is -0.338 e. The Kier molecular flexibility index (Phi) is 6.37. The van der Waals surface area contributed by atoms with E-state index in [2.05, 4.69) is 15.9 Å². The van der Waals surface area contributed by atoms with E-state index in [1.165, 1.54) is 16.2 Å². The smallest absolute Gasteiger partial charge is 0.264 e. The van der Waals surface area contributed by atoms with Crippen molar-refractivity contribution in [2.75, 3.05) is 20.1 Å². The largest absolute Gasteiger partial charge is 0.338 e. The number of halogens is 2. The van der Waals surface area contributed by atoms with Gasteiger partial charge < -0.3 is 9.80 Å². The van der Waals surface area contributed by atoms with Crippen LogP contribution in [-0.2, 0) is 11.2 Å². The molecule has 3 rings (SSSR count). The van der Waals surface area contributed by atoms with Gasteiger partial charge >= 0.3 is 0 Å². The molecule has 0 radical (unpaired) electrons. The van der Waals surface area contributed by atoms with Crippen molar-refractivity contribution in [3.63, 3.8) is 0 Å². The van der Waals surface area contributed by atoms with Gasteiger partial charge in [0.2, 0.25) is 5.91 Å². The summed E-state index contributed by atoms with van der Waals surface area (Å²) in [5, 5.41) is 0.738. The summed E-state index contributed by atoms with van der Waals surface area (Å²) < 4.78 is 0.903. The van der Waals surface area contributed by atoms with E-state index in [0.717, 1.165) is 40.2 Å². The normalized spacial score (nSPS) is 16.7. The number of amides is 2. The Morgan fingerprint density at radius 1 is 1.31 bits per heavy atom. The molecule has 26 heavy (non-hydrogen) atoms. The second kappa shape index (κ2) is 8.55. The van der Waals surface area contributed by atoms with Gasteiger partial charge in [0.15, 0.2) is 0 Å². The van der Waals surface area contributed by atoms with E-state index in [1.807, 2.05) is 35.2 Å². The fourth-order valence-corrected chi connectivity index (χ4v) is 4.87. The zero-order chi connectivity index (χ0) is 18.7. The van der Waals surface area contributed by atoms with Gasteiger partial charge in [-0.2, -0.15) is 0 Å². The summed E-state index contributed by atoms with van der Waals surface area (Å²) in [4.78, 5) is 29.2. The van der Waals surface area contributed by atoms with E-state index in [1.54, 1.807) is 13.1 Å². The molecule has 4 nitrogen and oxygen atoms in total. The van der Waals surface area contributed by atoms with E-state index in [4.69, 9.17) is 11.6 Å². The molecule has 2 heterocycles. The summed E-state index contributed by atoms with van der Waals surface area (Å²) in [6.45, 7) is 0.827. The van der Waals surface area contributed by atoms with Gasteiger partial charge in [-0.3, -0.25) is 9.59 Å². The van der Waals surface area contributed by atoms with Gasteiger partial charge in [-0.1, -0.05) is 29.8 Å². The Morgan fingerprint density at radius 3 is 2.77 bits per heavy atom. The molecule has 0 spiro atoms. The van der Waals surface area contributed by atoms with E-state index >= 15 is 0 Å². The first kappa shape index (κ1) is 19.4. The van der Waals surface area contributed by atoms with Crippen LogP contribution >= 0.6 is 38.9 Å². The Morgan fingerprint density at radius 2 is 2.08 bits per heavy atom. The molecule has 2 aromatic rings. The van der Waals surface area contributed by atoms with Crippen molar-refractivity contribution >= 4 is 50.7 Å². The standard InChI is InChI=1S/C19H20BrClN2O2S/c1-22(19(25)16-8-9-17(20)26-16)12-18(24)23-10-4-6-14(23)11-13-5-2-3-7-15(13)21/h2-3,5,7-9,14H,4,6,10-12H2,1H3. The zero-order valence-corrected chi connectivity index (χ0v) is 17.6. The maximum absolute atomic E-state index is 12.8. The Bertz CT molecular complexity index is 810. The lowest BCUT2D eigenvalue weighted by molar-refractivity contribution is -0.132. The van der Waals surface area contributed by atoms with E-state index in [0.29, 0.717) is 4.88 Å². The third-order valence-electron chi connectivity index (χ3n) is 4.61. The van der Waals surface area contributed by atoms with Crippen LogP contribution in [0.4, 0.5) is 0 Å². The number of rotatable bonds is 5. The molecular weight excluding hydrogens is 436 g/mol. The first-order valence-electron chi connectivity index (χ1n) is 8.49. The summed E-state index contributed by atoms with van der Waals surface area (Å²) in [6, 6.07) is 11.5. The number of thiophene rings is 1. The Labute approximate surface area is 170 Å². The number of benzene rings is 1. The van der Waals surface area contributed by atoms with Gasteiger partial charge in [0.25, 0.3) is 5.91 Å². The fraction of sp³-hybridized carbons (Fsp3) is 0.368. The second-order valence-corrected chi connectivity index (χ2v) is 9.31. The van der Waals surface area contributed by atoms with Gasteiger partial charge in [-0.25, -0.2) is 0 Å². The van der Waals surface area contributed by atoms with Gasteiger partial charge in [-0.05, 0) is 59.0 Å². The SMILES string of the molecule is CN(CC(=O)N1CCCC1Cc1ccccc1Cl)C(=O)c1ccc(Br)s1. The molecule has 1 aliphatic heterocycles. The number of carbonyl (C=O) groups is 2. The molecule has 138 valence electrons. The number of likely N-dealkylation sites (tertiary alicyclic amines) is 1. The van der Waals surface area contributed by atoms with Gasteiger partial charge in [-0.15, -0.1) is 11.3 Å². The van der Waals surface area contributed by atoms with Crippen LogP contribution in [0.15, 0.2) is 40.2 Å². The molecule has 7 heteroatoms. The predicted molar refractivity (Wildman–Crippen MR) is 109 cm³/mol. The summed E-state index contributed by atoms with van der Waals surface area (Å²) >= 11 is 11.0. The van der Waals surface area contributed by atoms with Crippen LogP contribution in [0.25, 0.3) is 0 Å². The molecule has 0 saturated carbocycles. The molecular formula is C19H20BrClN2O2S. The van der Waals surface area contributed by atoms with Crippen LogP contribution in [0.3, 0.4) is 0 Å². The van der Waals surface area contributed by atoms with Crippen molar-refractivity contribution in [2.45, 2.75) is 25.3 Å². The highest BCUT2D eigenvalue weighted by Gasteiger charge is 2.30. The summed E-state index contributed by atoms with van der Waals surface area (Å²) in [5.74, 6) is -0.137. The highest BCUT2D eigenvalue weighted by atomic mass is 79.9. The lowest BCUT2D eigenvalue weighted by atomic mass is 10.0. The average Bonchev–Trinajstić information content (AvgIpc) is 3.25. The average molecular weight is 456 g/mol. The number of carbonyl (C=O) groups excluding carboxylic acids is 2. The van der Waals surface area contributed by atoms with E-state index in [9.17, 15) is 9.59 Å². The molecule has 0 aliphatic carbocycles. The van der Waals surface area contributed by atoms with Crippen molar-refractivity contribution in [1.82, 2.24) is 9.80 Å². The summed E-state index contributed by atoms with van der Waals surface area (Å²) in [5.41, 5.74) is 1.06. The molecule has 1 saturated heterocycles. The lowest BCUT2D eigenvalue weighted by Gasteiger charge is -2.27. The molecule has 1 aromatic carbocycles. The quantitative estimate of drug-likeness (QED) is 0.667. The van der Waals surface area contributed by atoms with Crippen molar-refractivity contribution in [1.29, 1.82) is 0 Å². The Hall–Kier alpha value is -1.37.